The number of urea groups is 1. The van der Waals surface area contributed by atoms with Crippen LogP contribution in [0.4, 0.5) is 4.79 Å². The van der Waals surface area contributed by atoms with Gasteiger partial charge in [-0.25, -0.2) is 15.0 Å². The maximum atomic E-state index is 12.6. The number of methoxy groups -OCH3 is 2. The summed E-state index contributed by atoms with van der Waals surface area (Å²) in [5.41, 5.74) is 5.25. The van der Waals surface area contributed by atoms with Gasteiger partial charge in [0.25, 0.3) is 5.91 Å². The number of hydrogen-bond donors (Lipinski definition) is 3. The first-order valence-electron chi connectivity index (χ1n) is 13.9. The Morgan fingerprint density at radius 1 is 0.956 bits per heavy atom. The smallest absolute Gasteiger partial charge is 0.338 e. The molecule has 236 valence electrons. The monoisotopic (exact) mass is 636 g/mol. The summed E-state index contributed by atoms with van der Waals surface area (Å²) in [5.74, 6) is 0.554. The van der Waals surface area contributed by atoms with Crippen molar-refractivity contribution in [1.82, 2.24) is 16.1 Å². The van der Waals surface area contributed by atoms with Gasteiger partial charge in [-0.05, 0) is 73.0 Å². The highest BCUT2D eigenvalue weighted by molar-refractivity contribution is 6.30. The number of hydrazone groups is 1. The average molecular weight is 637 g/mol. The van der Waals surface area contributed by atoms with Crippen LogP contribution in [0.15, 0.2) is 77.0 Å². The van der Waals surface area contributed by atoms with Crippen LogP contribution in [0.1, 0.15) is 36.6 Å². The van der Waals surface area contributed by atoms with E-state index in [4.69, 9.17) is 35.3 Å². The highest BCUT2D eigenvalue weighted by Crippen LogP contribution is 2.34. The van der Waals surface area contributed by atoms with E-state index >= 15 is 0 Å². The minimum absolute atomic E-state index is 0.180. The van der Waals surface area contributed by atoms with Crippen LogP contribution in [-0.4, -0.2) is 51.6 Å². The van der Waals surface area contributed by atoms with Crippen molar-refractivity contribution in [3.63, 3.8) is 0 Å². The Hall–Kier alpha value is -5.23. The highest BCUT2D eigenvalue weighted by atomic mass is 35.5. The van der Waals surface area contributed by atoms with E-state index in [0.29, 0.717) is 45.7 Å². The Kier molecular flexibility index (Phi) is 11.2. The summed E-state index contributed by atoms with van der Waals surface area (Å²) in [5, 5.41) is 9.96. The summed E-state index contributed by atoms with van der Waals surface area (Å²) in [7, 11) is 2.97. The Balaban J connectivity index is 1.35. The zero-order valence-electron chi connectivity index (χ0n) is 25.1. The summed E-state index contributed by atoms with van der Waals surface area (Å²) in [6, 6.07) is 16.2. The van der Waals surface area contributed by atoms with Gasteiger partial charge in [0.15, 0.2) is 29.6 Å². The molecule has 0 radical (unpaired) electrons. The number of rotatable bonds is 13. The van der Waals surface area contributed by atoms with Crippen molar-refractivity contribution in [3.8, 4) is 23.0 Å². The molecule has 1 aliphatic heterocycles. The van der Waals surface area contributed by atoms with Crippen molar-refractivity contribution in [2.45, 2.75) is 26.5 Å². The zero-order valence-corrected chi connectivity index (χ0v) is 25.9. The van der Waals surface area contributed by atoms with Crippen LogP contribution in [0.3, 0.4) is 0 Å². The molecular formula is C32H33ClN4O8. The Bertz CT molecular complexity index is 1610. The molecule has 3 N–H and O–H groups in total. The molecule has 3 aromatic carbocycles. The van der Waals surface area contributed by atoms with Gasteiger partial charge in [0.05, 0.1) is 38.7 Å². The maximum absolute atomic E-state index is 12.6. The van der Waals surface area contributed by atoms with Gasteiger partial charge in [-0.3, -0.25) is 4.79 Å². The third kappa shape index (κ3) is 8.67. The van der Waals surface area contributed by atoms with Gasteiger partial charge in [-0.15, -0.1) is 0 Å². The van der Waals surface area contributed by atoms with E-state index in [1.165, 1.54) is 20.4 Å². The molecule has 0 aliphatic carbocycles. The van der Waals surface area contributed by atoms with Gasteiger partial charge in [0.2, 0.25) is 0 Å². The van der Waals surface area contributed by atoms with Gasteiger partial charge in [-0.2, -0.15) is 5.10 Å². The molecule has 0 fully saturated rings. The molecule has 0 saturated carbocycles. The Labute approximate surface area is 265 Å². The molecule has 0 spiro atoms. The molecule has 12 nitrogen and oxygen atoms in total. The van der Waals surface area contributed by atoms with Crippen molar-refractivity contribution in [1.29, 1.82) is 0 Å². The van der Waals surface area contributed by atoms with E-state index in [1.807, 2.05) is 12.1 Å². The standard InChI is InChI=1S/C32H33ClN4O8/c1-5-43-31(39)29-19(2)35-32(40)36-30(29)22-9-13-25(27(15-22)42-4)45-18-28(38)37-34-16-21-8-12-24(26(14-21)41-3)44-17-20-6-10-23(33)11-7-20/h6-16,30H,5,17-18H2,1-4H3,(H,37,38)(H2,35,36,40)/b34-16-/t30-/m1/s1. The lowest BCUT2D eigenvalue weighted by Gasteiger charge is -2.28. The van der Waals surface area contributed by atoms with Gasteiger partial charge in [0, 0.05) is 10.7 Å². The predicted octanol–water partition coefficient (Wildman–Crippen LogP) is 4.66. The van der Waals surface area contributed by atoms with E-state index < -0.39 is 23.9 Å². The minimum Gasteiger partial charge on any atom is -0.493 e. The van der Waals surface area contributed by atoms with Gasteiger partial charge < -0.3 is 34.3 Å². The van der Waals surface area contributed by atoms with E-state index in [-0.39, 0.29) is 24.5 Å². The highest BCUT2D eigenvalue weighted by Gasteiger charge is 2.32. The largest absolute Gasteiger partial charge is 0.493 e. The first-order chi connectivity index (χ1) is 21.7. The lowest BCUT2D eigenvalue weighted by molar-refractivity contribution is -0.139. The number of amides is 3. The second kappa shape index (κ2) is 15.5. The quantitative estimate of drug-likeness (QED) is 0.140. The molecule has 13 heteroatoms. The van der Waals surface area contributed by atoms with Crippen LogP contribution in [0.5, 0.6) is 23.0 Å². The molecule has 3 aromatic rings. The number of halogens is 1. The second-order valence-corrected chi connectivity index (χ2v) is 10.0. The van der Waals surface area contributed by atoms with Crippen molar-refractivity contribution >= 4 is 35.7 Å². The average Bonchev–Trinajstić information content (AvgIpc) is 3.03. The Morgan fingerprint density at radius 3 is 2.36 bits per heavy atom. The third-order valence-electron chi connectivity index (χ3n) is 6.54. The van der Waals surface area contributed by atoms with E-state index in [0.717, 1.165) is 5.56 Å². The number of allylic oxidation sites excluding steroid dienone is 1. The number of benzene rings is 3. The van der Waals surface area contributed by atoms with Crippen LogP contribution in [0, 0.1) is 0 Å². The molecule has 45 heavy (non-hydrogen) atoms. The molecule has 0 saturated heterocycles. The van der Waals surface area contributed by atoms with Gasteiger partial charge >= 0.3 is 12.0 Å². The SMILES string of the molecule is CCOC(=O)C1=C(C)NC(=O)N[C@@H]1c1ccc(OCC(=O)N/N=C\c2ccc(OCc3ccc(Cl)cc3)c(OC)c2)c(OC)c1. The minimum atomic E-state index is -0.777. The molecule has 4 rings (SSSR count). The first kappa shape index (κ1) is 32.7. The third-order valence-corrected chi connectivity index (χ3v) is 6.79. The summed E-state index contributed by atoms with van der Waals surface area (Å²) in [6.45, 7) is 3.48. The zero-order chi connectivity index (χ0) is 32.3. The molecule has 0 bridgehead atoms. The fourth-order valence-electron chi connectivity index (χ4n) is 4.39. The fraction of sp³-hybridized carbons (Fsp3) is 0.250. The molecule has 1 heterocycles. The van der Waals surface area contributed by atoms with E-state index in [1.54, 1.807) is 62.4 Å². The van der Waals surface area contributed by atoms with Gasteiger partial charge in [-0.1, -0.05) is 29.8 Å². The van der Waals surface area contributed by atoms with Crippen LogP contribution < -0.4 is 35.0 Å². The number of nitrogens with one attached hydrogen (secondary N) is 3. The van der Waals surface area contributed by atoms with Crippen LogP contribution in [-0.2, 0) is 20.9 Å². The molecule has 1 atom stereocenters. The predicted molar refractivity (Wildman–Crippen MR) is 167 cm³/mol. The summed E-state index contributed by atoms with van der Waals surface area (Å²) in [4.78, 5) is 37.2. The lowest BCUT2D eigenvalue weighted by atomic mass is 9.95. The van der Waals surface area contributed by atoms with E-state index in [2.05, 4.69) is 21.2 Å². The fourth-order valence-corrected chi connectivity index (χ4v) is 4.51. The summed E-state index contributed by atoms with van der Waals surface area (Å²) < 4.78 is 27.6. The topological polar surface area (TPSA) is 146 Å². The maximum Gasteiger partial charge on any atom is 0.338 e. The molecule has 0 unspecified atom stereocenters. The lowest BCUT2D eigenvalue weighted by Crippen LogP contribution is -2.45. The van der Waals surface area contributed by atoms with E-state index in [9.17, 15) is 14.4 Å². The molecule has 0 aromatic heterocycles. The van der Waals surface area contributed by atoms with Crippen molar-refractivity contribution in [2.24, 2.45) is 5.10 Å². The number of carbonyl (C=O) groups is 3. The number of carbonyl (C=O) groups excluding carboxylic acids is 3. The summed E-state index contributed by atoms with van der Waals surface area (Å²) >= 11 is 5.93. The first-order valence-corrected chi connectivity index (χ1v) is 14.2. The van der Waals surface area contributed by atoms with Crippen LogP contribution >= 0.6 is 11.6 Å². The number of hydrogen-bond acceptors (Lipinski definition) is 9. The number of nitrogens with zero attached hydrogens (tertiary/aromatic N) is 1. The molecule has 3 amide bonds. The molecule has 1 aliphatic rings. The van der Waals surface area contributed by atoms with Crippen molar-refractivity contribution in [3.05, 3.63) is 93.6 Å². The Morgan fingerprint density at radius 2 is 1.64 bits per heavy atom. The van der Waals surface area contributed by atoms with Gasteiger partial charge in [0.1, 0.15) is 6.61 Å². The normalized spacial score (nSPS) is 14.3. The van der Waals surface area contributed by atoms with Crippen molar-refractivity contribution < 1.29 is 38.1 Å². The number of esters is 1. The second-order valence-electron chi connectivity index (χ2n) is 9.61. The molecular weight excluding hydrogens is 604 g/mol. The van der Waals surface area contributed by atoms with Crippen LogP contribution in [0.25, 0.3) is 0 Å². The van der Waals surface area contributed by atoms with Crippen LogP contribution in [0.2, 0.25) is 5.02 Å². The number of ether oxygens (including phenoxy) is 5. The summed E-state index contributed by atoms with van der Waals surface area (Å²) in [6.07, 6.45) is 1.46. The van der Waals surface area contributed by atoms with Crippen molar-refractivity contribution in [2.75, 3.05) is 27.4 Å².